The van der Waals surface area contributed by atoms with Crippen molar-refractivity contribution in [3.63, 3.8) is 0 Å². The summed E-state index contributed by atoms with van der Waals surface area (Å²) in [6, 6.07) is 11.6. The van der Waals surface area contributed by atoms with Gasteiger partial charge in [-0.2, -0.15) is 0 Å². The number of hydrogen-bond acceptors (Lipinski definition) is 5. The van der Waals surface area contributed by atoms with Crippen molar-refractivity contribution in [2.75, 3.05) is 0 Å². The molecule has 1 aromatic carbocycles. The molecule has 4 nitrogen and oxygen atoms in total. The maximum absolute atomic E-state index is 12.8. The Hall–Kier alpha value is -2.22. The Kier molecular flexibility index (Phi) is 4.52. The van der Waals surface area contributed by atoms with Crippen LogP contribution in [-0.2, 0) is 18.4 Å². The molecule has 0 saturated carbocycles. The average molecular weight is 399 g/mol. The molecule has 2 aromatic heterocycles. The van der Waals surface area contributed by atoms with Gasteiger partial charge in [0, 0.05) is 40.7 Å². The van der Waals surface area contributed by atoms with Crippen LogP contribution in [0, 0.1) is 0 Å². The van der Waals surface area contributed by atoms with E-state index in [0.29, 0.717) is 21.3 Å². The van der Waals surface area contributed by atoms with Gasteiger partial charge in [0.2, 0.25) is 0 Å². The van der Waals surface area contributed by atoms with Crippen LogP contribution in [0.3, 0.4) is 0 Å². The number of benzene rings is 1. The van der Waals surface area contributed by atoms with Crippen molar-refractivity contribution in [1.29, 1.82) is 0 Å². The van der Waals surface area contributed by atoms with Crippen molar-refractivity contribution in [3.05, 3.63) is 69.4 Å². The van der Waals surface area contributed by atoms with Gasteiger partial charge in [0.15, 0.2) is 5.78 Å². The van der Waals surface area contributed by atoms with E-state index in [1.165, 1.54) is 17.8 Å². The summed E-state index contributed by atoms with van der Waals surface area (Å²) in [5.41, 5.74) is 1.57. The second-order valence-electron chi connectivity index (χ2n) is 5.88. The molecule has 0 spiro atoms. The molecule has 4 rings (SSSR count). The quantitative estimate of drug-likeness (QED) is 0.372. The normalized spacial score (nSPS) is 16.2. The van der Waals surface area contributed by atoms with Crippen LogP contribution >= 0.6 is 35.3 Å². The SMILES string of the molecule is Cn1cc(C(=O)/C=C2\SC(=S)N(Cc3cccs3)C2=O)c2ccccc21. The lowest BCUT2D eigenvalue weighted by atomic mass is 10.1. The van der Waals surface area contributed by atoms with Crippen LogP contribution in [0.5, 0.6) is 0 Å². The summed E-state index contributed by atoms with van der Waals surface area (Å²) in [5.74, 6) is -0.389. The van der Waals surface area contributed by atoms with Crippen LogP contribution in [0.15, 0.2) is 59.0 Å². The molecule has 3 heterocycles. The zero-order valence-corrected chi connectivity index (χ0v) is 16.3. The summed E-state index contributed by atoms with van der Waals surface area (Å²) in [5, 5.41) is 2.85. The number of aryl methyl sites for hydroxylation is 1. The third-order valence-electron chi connectivity index (χ3n) is 4.19. The number of aromatic nitrogens is 1. The Bertz CT molecular complexity index is 1060. The number of thioether (sulfide) groups is 1. The van der Waals surface area contributed by atoms with Crippen molar-refractivity contribution >= 4 is 62.2 Å². The third kappa shape index (κ3) is 3.02. The van der Waals surface area contributed by atoms with Gasteiger partial charge in [-0.25, -0.2) is 0 Å². The number of ketones is 1. The maximum Gasteiger partial charge on any atom is 0.266 e. The topological polar surface area (TPSA) is 42.3 Å². The Morgan fingerprint density at radius 1 is 1.23 bits per heavy atom. The van der Waals surface area contributed by atoms with E-state index in [0.717, 1.165) is 15.8 Å². The number of carbonyl (C=O) groups is 2. The van der Waals surface area contributed by atoms with Crippen LogP contribution in [0.25, 0.3) is 10.9 Å². The molecule has 0 unspecified atom stereocenters. The Balaban J connectivity index is 1.62. The molecule has 0 radical (unpaired) electrons. The van der Waals surface area contributed by atoms with Gasteiger partial charge >= 0.3 is 0 Å². The lowest BCUT2D eigenvalue weighted by molar-refractivity contribution is -0.122. The molecule has 0 N–H and O–H groups in total. The van der Waals surface area contributed by atoms with E-state index in [-0.39, 0.29) is 11.7 Å². The first-order valence-corrected chi connectivity index (χ1v) is 10.0. The zero-order valence-electron chi connectivity index (χ0n) is 13.8. The second-order valence-corrected chi connectivity index (χ2v) is 8.59. The highest BCUT2D eigenvalue weighted by Gasteiger charge is 2.33. The second kappa shape index (κ2) is 6.83. The number of thiocarbonyl (C=S) groups is 1. The predicted molar refractivity (Wildman–Crippen MR) is 110 cm³/mol. The molecular formula is C19H14N2O2S3. The van der Waals surface area contributed by atoms with Crippen LogP contribution in [0.1, 0.15) is 15.2 Å². The highest BCUT2D eigenvalue weighted by Crippen LogP contribution is 2.33. The fourth-order valence-electron chi connectivity index (χ4n) is 2.93. The Morgan fingerprint density at radius 3 is 2.81 bits per heavy atom. The number of nitrogens with zero attached hydrogens (tertiary/aromatic N) is 2. The van der Waals surface area contributed by atoms with Crippen LogP contribution in [0.2, 0.25) is 0 Å². The monoisotopic (exact) mass is 398 g/mol. The summed E-state index contributed by atoms with van der Waals surface area (Å²) < 4.78 is 2.40. The average Bonchev–Trinajstić information content (AvgIpc) is 3.32. The van der Waals surface area contributed by atoms with E-state index in [2.05, 4.69) is 0 Å². The summed E-state index contributed by atoms with van der Waals surface area (Å²) >= 11 is 8.10. The van der Waals surface area contributed by atoms with Crippen molar-refractivity contribution in [1.82, 2.24) is 9.47 Å². The molecule has 0 atom stereocenters. The Morgan fingerprint density at radius 2 is 2.04 bits per heavy atom. The fourth-order valence-corrected chi connectivity index (χ4v) is 4.85. The smallest absolute Gasteiger partial charge is 0.266 e. The number of hydrogen-bond donors (Lipinski definition) is 0. The van der Waals surface area contributed by atoms with Crippen molar-refractivity contribution in [2.24, 2.45) is 7.05 Å². The highest BCUT2D eigenvalue weighted by molar-refractivity contribution is 8.26. The molecule has 130 valence electrons. The lowest BCUT2D eigenvalue weighted by Gasteiger charge is -2.12. The van der Waals surface area contributed by atoms with Crippen molar-refractivity contribution < 1.29 is 9.59 Å². The van der Waals surface area contributed by atoms with E-state index in [4.69, 9.17) is 12.2 Å². The molecule has 0 bridgehead atoms. The molecule has 1 saturated heterocycles. The van der Waals surface area contributed by atoms with Gasteiger partial charge in [0.25, 0.3) is 5.91 Å². The molecule has 3 aromatic rings. The van der Waals surface area contributed by atoms with E-state index in [1.54, 1.807) is 22.4 Å². The molecular weight excluding hydrogens is 384 g/mol. The van der Waals surface area contributed by atoms with Gasteiger partial charge in [0.1, 0.15) is 4.32 Å². The van der Waals surface area contributed by atoms with Gasteiger partial charge in [-0.3, -0.25) is 14.5 Å². The van der Waals surface area contributed by atoms with E-state index in [9.17, 15) is 9.59 Å². The molecule has 0 aliphatic carbocycles. The maximum atomic E-state index is 12.8. The predicted octanol–water partition coefficient (Wildman–Crippen LogP) is 4.37. The minimum Gasteiger partial charge on any atom is -0.350 e. The first-order chi connectivity index (χ1) is 12.5. The first kappa shape index (κ1) is 17.2. The molecule has 1 fully saturated rings. The largest absolute Gasteiger partial charge is 0.350 e. The van der Waals surface area contributed by atoms with E-state index in [1.807, 2.05) is 53.4 Å². The summed E-state index contributed by atoms with van der Waals surface area (Å²) in [7, 11) is 1.90. The standard InChI is InChI=1S/C19H14N2O2S3/c1-20-11-14(13-6-2-3-7-15(13)20)16(22)9-17-18(23)21(19(24)26-17)10-12-5-4-8-25-12/h2-9,11H,10H2,1H3/b17-9-. The van der Waals surface area contributed by atoms with E-state index >= 15 is 0 Å². The first-order valence-electron chi connectivity index (χ1n) is 7.91. The molecule has 7 heteroatoms. The number of rotatable bonds is 4. The van der Waals surface area contributed by atoms with Crippen LogP contribution < -0.4 is 0 Å². The summed E-state index contributed by atoms with van der Waals surface area (Å²) in [6.07, 6.45) is 3.21. The summed E-state index contributed by atoms with van der Waals surface area (Å²) in [4.78, 5) is 28.5. The fraction of sp³-hybridized carbons (Fsp3) is 0.105. The van der Waals surface area contributed by atoms with Crippen molar-refractivity contribution in [2.45, 2.75) is 6.54 Å². The molecule has 1 amide bonds. The van der Waals surface area contributed by atoms with Gasteiger partial charge < -0.3 is 4.57 Å². The number of fused-ring (bicyclic) bond motifs is 1. The minimum absolute atomic E-state index is 0.182. The number of allylic oxidation sites excluding steroid dienone is 1. The molecule has 1 aliphatic heterocycles. The third-order valence-corrected chi connectivity index (χ3v) is 6.43. The van der Waals surface area contributed by atoms with Gasteiger partial charge in [0.05, 0.1) is 11.4 Å². The minimum atomic E-state index is -0.206. The lowest BCUT2D eigenvalue weighted by Crippen LogP contribution is -2.27. The van der Waals surface area contributed by atoms with Gasteiger partial charge in [-0.05, 0) is 17.5 Å². The highest BCUT2D eigenvalue weighted by atomic mass is 32.2. The number of amides is 1. The number of thiophene rings is 1. The number of carbonyl (C=O) groups excluding carboxylic acids is 2. The summed E-state index contributed by atoms with van der Waals surface area (Å²) in [6.45, 7) is 0.447. The van der Waals surface area contributed by atoms with Gasteiger partial charge in [-0.15, -0.1) is 11.3 Å². The van der Waals surface area contributed by atoms with E-state index < -0.39 is 0 Å². The molecule has 26 heavy (non-hydrogen) atoms. The molecule has 1 aliphatic rings. The van der Waals surface area contributed by atoms with Crippen molar-refractivity contribution in [3.8, 4) is 0 Å². The Labute approximate surface area is 164 Å². The van der Waals surface area contributed by atoms with Gasteiger partial charge in [-0.1, -0.05) is 48.2 Å². The number of para-hydroxylation sites is 1. The zero-order chi connectivity index (χ0) is 18.3. The van der Waals surface area contributed by atoms with Crippen LogP contribution in [-0.4, -0.2) is 25.5 Å². The van der Waals surface area contributed by atoms with Crippen LogP contribution in [0.4, 0.5) is 0 Å².